The first-order chi connectivity index (χ1) is 11.0. The van der Waals surface area contributed by atoms with Gasteiger partial charge in [-0.15, -0.1) is 0 Å². The summed E-state index contributed by atoms with van der Waals surface area (Å²) in [4.78, 5) is 16.4. The highest BCUT2D eigenvalue weighted by Gasteiger charge is 2.26. The Labute approximate surface area is 139 Å². The van der Waals surface area contributed by atoms with Gasteiger partial charge in [-0.2, -0.15) is 0 Å². The predicted molar refractivity (Wildman–Crippen MR) is 90.5 cm³/mol. The Bertz CT molecular complexity index is 493. The Morgan fingerprint density at radius 1 is 1.26 bits per heavy atom. The van der Waals surface area contributed by atoms with Crippen molar-refractivity contribution in [2.24, 2.45) is 0 Å². The van der Waals surface area contributed by atoms with Crippen molar-refractivity contribution in [3.8, 4) is 5.75 Å². The summed E-state index contributed by atoms with van der Waals surface area (Å²) >= 11 is 0. The Hall–Kier alpha value is -1.59. The van der Waals surface area contributed by atoms with Crippen LogP contribution in [0, 0.1) is 0 Å². The van der Waals surface area contributed by atoms with Crippen LogP contribution in [0.4, 0.5) is 0 Å². The smallest absolute Gasteiger partial charge is 0.236 e. The van der Waals surface area contributed by atoms with Crippen LogP contribution < -0.4 is 4.74 Å². The van der Waals surface area contributed by atoms with Crippen molar-refractivity contribution >= 4 is 5.91 Å². The van der Waals surface area contributed by atoms with E-state index >= 15 is 0 Å². The second-order valence-electron chi connectivity index (χ2n) is 6.31. The molecule has 1 heterocycles. The van der Waals surface area contributed by atoms with Crippen molar-refractivity contribution in [2.75, 3.05) is 33.3 Å². The Morgan fingerprint density at radius 2 is 1.87 bits per heavy atom. The molecule has 2 rings (SSSR count). The van der Waals surface area contributed by atoms with Crippen molar-refractivity contribution in [1.29, 1.82) is 0 Å². The lowest BCUT2D eigenvalue weighted by molar-refractivity contribution is -0.144. The van der Waals surface area contributed by atoms with Crippen LogP contribution in [0.25, 0.3) is 0 Å². The van der Waals surface area contributed by atoms with E-state index in [9.17, 15) is 4.79 Å². The molecule has 128 valence electrons. The van der Waals surface area contributed by atoms with Crippen molar-refractivity contribution in [3.05, 3.63) is 29.8 Å². The lowest BCUT2D eigenvalue weighted by Crippen LogP contribution is -2.50. The van der Waals surface area contributed by atoms with E-state index in [-0.39, 0.29) is 18.1 Å². The molecule has 23 heavy (non-hydrogen) atoms. The van der Waals surface area contributed by atoms with Crippen molar-refractivity contribution in [3.63, 3.8) is 0 Å². The lowest BCUT2D eigenvalue weighted by Gasteiger charge is -2.36. The fourth-order valence-electron chi connectivity index (χ4n) is 2.94. The van der Waals surface area contributed by atoms with Gasteiger partial charge in [-0.1, -0.05) is 12.1 Å². The highest BCUT2D eigenvalue weighted by Crippen LogP contribution is 2.14. The molecule has 1 aromatic carbocycles. The zero-order valence-corrected chi connectivity index (χ0v) is 14.6. The number of benzene rings is 1. The standard InChI is InChI=1S/C18H28N2O3/c1-5-22-17-8-6-16(7-9-17)12-19(4)13-18(21)20-10-14(2)23-15(3)11-20/h6-9,14-15H,5,10-13H2,1-4H3. The summed E-state index contributed by atoms with van der Waals surface area (Å²) in [7, 11) is 1.97. The van der Waals surface area contributed by atoms with Crippen LogP contribution in [-0.4, -0.2) is 61.2 Å². The first-order valence-electron chi connectivity index (χ1n) is 8.31. The van der Waals surface area contributed by atoms with Crippen molar-refractivity contribution < 1.29 is 14.3 Å². The average molecular weight is 320 g/mol. The van der Waals surface area contributed by atoms with Crippen LogP contribution in [0.1, 0.15) is 26.3 Å². The van der Waals surface area contributed by atoms with Crippen LogP contribution in [0.5, 0.6) is 5.75 Å². The molecule has 2 unspecified atom stereocenters. The Kier molecular flexibility index (Phi) is 6.42. The molecule has 1 fully saturated rings. The van der Waals surface area contributed by atoms with Crippen LogP contribution in [0.15, 0.2) is 24.3 Å². The molecule has 1 aromatic rings. The van der Waals surface area contributed by atoms with Crippen LogP contribution >= 0.6 is 0 Å². The van der Waals surface area contributed by atoms with Crippen molar-refractivity contribution in [1.82, 2.24) is 9.80 Å². The van der Waals surface area contributed by atoms with Gasteiger partial charge in [0, 0.05) is 19.6 Å². The highest BCUT2D eigenvalue weighted by atomic mass is 16.5. The summed E-state index contributed by atoms with van der Waals surface area (Å²) in [5.74, 6) is 1.05. The molecular weight excluding hydrogens is 292 g/mol. The molecule has 0 aromatic heterocycles. The molecule has 1 aliphatic heterocycles. The summed E-state index contributed by atoms with van der Waals surface area (Å²) in [5, 5.41) is 0. The molecule has 2 atom stereocenters. The maximum absolute atomic E-state index is 12.4. The maximum atomic E-state index is 12.4. The summed E-state index contributed by atoms with van der Waals surface area (Å²) < 4.78 is 11.1. The first kappa shape index (κ1) is 17.8. The Morgan fingerprint density at radius 3 is 2.43 bits per heavy atom. The summed E-state index contributed by atoms with van der Waals surface area (Å²) in [6.07, 6.45) is 0.221. The molecule has 1 amide bonds. The largest absolute Gasteiger partial charge is 0.494 e. The first-order valence-corrected chi connectivity index (χ1v) is 8.31. The van der Waals surface area contributed by atoms with E-state index < -0.39 is 0 Å². The van der Waals surface area contributed by atoms with E-state index in [2.05, 4.69) is 0 Å². The normalized spacial score (nSPS) is 21.5. The third-order valence-corrected chi connectivity index (χ3v) is 3.86. The zero-order valence-electron chi connectivity index (χ0n) is 14.6. The molecular formula is C18H28N2O3. The summed E-state index contributed by atoms with van der Waals surface area (Å²) in [6, 6.07) is 8.04. The minimum atomic E-state index is 0.110. The van der Waals surface area contributed by atoms with Crippen LogP contribution in [0.3, 0.4) is 0 Å². The minimum Gasteiger partial charge on any atom is -0.494 e. The van der Waals surface area contributed by atoms with E-state index in [1.165, 1.54) is 5.56 Å². The van der Waals surface area contributed by atoms with Gasteiger partial charge in [0.1, 0.15) is 5.75 Å². The van der Waals surface area contributed by atoms with E-state index in [1.54, 1.807) is 0 Å². The quantitative estimate of drug-likeness (QED) is 0.805. The summed E-state index contributed by atoms with van der Waals surface area (Å²) in [6.45, 7) is 9.20. The third-order valence-electron chi connectivity index (χ3n) is 3.86. The molecule has 1 saturated heterocycles. The molecule has 0 saturated carbocycles. The number of morpholine rings is 1. The zero-order chi connectivity index (χ0) is 16.8. The van der Waals surface area contributed by atoms with Gasteiger partial charge in [0.05, 0.1) is 25.4 Å². The van der Waals surface area contributed by atoms with Crippen molar-refractivity contribution in [2.45, 2.75) is 39.5 Å². The fourth-order valence-corrected chi connectivity index (χ4v) is 2.94. The molecule has 1 aliphatic rings. The van der Waals surface area contributed by atoms with E-state index in [0.29, 0.717) is 26.2 Å². The SMILES string of the molecule is CCOc1ccc(CN(C)CC(=O)N2CC(C)OC(C)C2)cc1. The molecule has 0 radical (unpaired) electrons. The monoisotopic (exact) mass is 320 g/mol. The van der Waals surface area contributed by atoms with Crippen LogP contribution in [-0.2, 0) is 16.1 Å². The molecule has 5 heteroatoms. The fraction of sp³-hybridized carbons (Fsp3) is 0.611. The second-order valence-corrected chi connectivity index (χ2v) is 6.31. The van der Waals surface area contributed by atoms with Gasteiger partial charge in [-0.05, 0) is 45.5 Å². The number of ether oxygens (including phenoxy) is 2. The molecule has 0 bridgehead atoms. The highest BCUT2D eigenvalue weighted by molar-refractivity contribution is 5.78. The van der Waals surface area contributed by atoms with Gasteiger partial charge in [-0.3, -0.25) is 9.69 Å². The van der Waals surface area contributed by atoms with E-state index in [1.807, 2.05) is 61.9 Å². The van der Waals surface area contributed by atoms with Gasteiger partial charge in [0.2, 0.25) is 5.91 Å². The van der Waals surface area contributed by atoms with Gasteiger partial charge in [0.15, 0.2) is 0 Å². The minimum absolute atomic E-state index is 0.110. The molecule has 5 nitrogen and oxygen atoms in total. The number of nitrogens with zero attached hydrogens (tertiary/aromatic N) is 2. The number of carbonyl (C=O) groups excluding carboxylic acids is 1. The average Bonchev–Trinajstić information content (AvgIpc) is 2.48. The van der Waals surface area contributed by atoms with E-state index in [4.69, 9.17) is 9.47 Å². The molecule has 0 aliphatic carbocycles. The molecule has 0 spiro atoms. The second kappa shape index (κ2) is 8.31. The number of amides is 1. The molecule has 0 N–H and O–H groups in total. The summed E-state index contributed by atoms with van der Waals surface area (Å²) in [5.41, 5.74) is 1.17. The predicted octanol–water partition coefficient (Wildman–Crippen LogP) is 2.15. The lowest BCUT2D eigenvalue weighted by atomic mass is 10.2. The maximum Gasteiger partial charge on any atom is 0.236 e. The number of hydrogen-bond donors (Lipinski definition) is 0. The van der Waals surface area contributed by atoms with Gasteiger partial charge in [-0.25, -0.2) is 0 Å². The number of hydrogen-bond acceptors (Lipinski definition) is 4. The van der Waals surface area contributed by atoms with Gasteiger partial charge >= 0.3 is 0 Å². The topological polar surface area (TPSA) is 42.0 Å². The van der Waals surface area contributed by atoms with Crippen LogP contribution in [0.2, 0.25) is 0 Å². The number of likely N-dealkylation sites (N-methyl/N-ethyl adjacent to an activating group) is 1. The Balaban J connectivity index is 1.83. The number of carbonyl (C=O) groups is 1. The van der Waals surface area contributed by atoms with Gasteiger partial charge < -0.3 is 14.4 Å². The van der Waals surface area contributed by atoms with Gasteiger partial charge in [0.25, 0.3) is 0 Å². The van der Waals surface area contributed by atoms with E-state index in [0.717, 1.165) is 12.3 Å². The third kappa shape index (κ3) is 5.52. The number of rotatable bonds is 6.